The second-order valence-electron chi connectivity index (χ2n) is 5.72. The number of hydrogen-bond donors (Lipinski definition) is 1. The van der Waals surface area contributed by atoms with Crippen LogP contribution in [0.15, 0.2) is 36.4 Å². The van der Waals surface area contributed by atoms with Crippen LogP contribution in [0.3, 0.4) is 0 Å². The molecule has 1 N–H and O–H groups in total. The van der Waals surface area contributed by atoms with Crippen molar-refractivity contribution in [1.29, 1.82) is 0 Å². The molecule has 0 atom stereocenters. The molecular formula is C18H10O8. The summed E-state index contributed by atoms with van der Waals surface area (Å²) in [4.78, 5) is 46.6. The fourth-order valence-electron chi connectivity index (χ4n) is 2.99. The monoisotopic (exact) mass is 354 g/mol. The summed E-state index contributed by atoms with van der Waals surface area (Å²) in [6, 6.07) is 8.05. The Hall–Kier alpha value is -3.36. The van der Waals surface area contributed by atoms with Crippen LogP contribution in [0.4, 0.5) is 0 Å². The zero-order valence-corrected chi connectivity index (χ0v) is 13.3. The van der Waals surface area contributed by atoms with Gasteiger partial charge in [0, 0.05) is 18.2 Å². The Labute approximate surface area is 145 Å². The Bertz CT molecular complexity index is 942. The molecule has 0 aromatic heterocycles. The number of esters is 4. The van der Waals surface area contributed by atoms with E-state index in [4.69, 9.17) is 4.74 Å². The fraction of sp³-hybridized carbons (Fsp3) is 0.111. The summed E-state index contributed by atoms with van der Waals surface area (Å²) >= 11 is 0. The topological polar surface area (TPSA) is 116 Å². The van der Waals surface area contributed by atoms with Crippen LogP contribution in [0.1, 0.15) is 52.6 Å². The largest absolute Gasteiger partial charge is 0.386 e. The Balaban J connectivity index is 1.85. The SMILES string of the molecule is COC(O)(c1ccc2c(c1)C(=O)OC2=O)c1ccc2c(c1)C(=O)OC2=O. The van der Waals surface area contributed by atoms with Gasteiger partial charge in [-0.05, 0) is 24.3 Å². The average Bonchev–Trinajstić information content (AvgIpc) is 3.09. The van der Waals surface area contributed by atoms with Gasteiger partial charge in [0.2, 0.25) is 5.79 Å². The normalized spacial score (nSPS) is 15.6. The van der Waals surface area contributed by atoms with E-state index in [2.05, 4.69) is 9.47 Å². The van der Waals surface area contributed by atoms with E-state index in [1.807, 2.05) is 0 Å². The quantitative estimate of drug-likeness (QED) is 0.496. The van der Waals surface area contributed by atoms with Gasteiger partial charge in [-0.3, -0.25) is 0 Å². The van der Waals surface area contributed by atoms with Gasteiger partial charge in [0.1, 0.15) is 0 Å². The highest BCUT2D eigenvalue weighted by Gasteiger charge is 2.38. The lowest BCUT2D eigenvalue weighted by atomic mass is 9.92. The Kier molecular flexibility index (Phi) is 3.30. The molecule has 130 valence electrons. The molecule has 26 heavy (non-hydrogen) atoms. The molecule has 0 unspecified atom stereocenters. The number of methoxy groups -OCH3 is 1. The lowest BCUT2D eigenvalue weighted by Crippen LogP contribution is -2.30. The van der Waals surface area contributed by atoms with Crippen molar-refractivity contribution in [3.05, 3.63) is 69.8 Å². The number of aliphatic hydroxyl groups is 1. The molecule has 0 amide bonds. The van der Waals surface area contributed by atoms with E-state index < -0.39 is 29.7 Å². The zero-order valence-electron chi connectivity index (χ0n) is 13.3. The number of hydrogen-bond acceptors (Lipinski definition) is 8. The second-order valence-corrected chi connectivity index (χ2v) is 5.72. The lowest BCUT2D eigenvalue weighted by molar-refractivity contribution is -0.159. The smallest absolute Gasteiger partial charge is 0.346 e. The van der Waals surface area contributed by atoms with E-state index >= 15 is 0 Å². The van der Waals surface area contributed by atoms with Gasteiger partial charge in [-0.15, -0.1) is 0 Å². The Morgan fingerprint density at radius 1 is 0.731 bits per heavy atom. The van der Waals surface area contributed by atoms with E-state index in [0.29, 0.717) is 0 Å². The highest BCUT2D eigenvalue weighted by atomic mass is 16.6. The summed E-state index contributed by atoms with van der Waals surface area (Å²) < 4.78 is 14.3. The van der Waals surface area contributed by atoms with Crippen molar-refractivity contribution in [2.75, 3.05) is 7.11 Å². The van der Waals surface area contributed by atoms with E-state index in [0.717, 1.165) is 0 Å². The molecular weight excluding hydrogens is 344 g/mol. The maximum Gasteiger partial charge on any atom is 0.346 e. The van der Waals surface area contributed by atoms with E-state index in [1.54, 1.807) is 0 Å². The first-order chi connectivity index (χ1) is 12.3. The number of carbonyl (C=O) groups is 4. The van der Waals surface area contributed by atoms with Crippen molar-refractivity contribution in [2.45, 2.75) is 5.79 Å². The van der Waals surface area contributed by atoms with Crippen LogP contribution in [-0.4, -0.2) is 36.1 Å². The molecule has 2 aromatic carbocycles. The van der Waals surface area contributed by atoms with Gasteiger partial charge in [-0.1, -0.05) is 12.1 Å². The summed E-state index contributed by atoms with van der Waals surface area (Å²) in [5, 5.41) is 11.0. The van der Waals surface area contributed by atoms with Gasteiger partial charge in [0.05, 0.1) is 22.3 Å². The minimum atomic E-state index is -2.04. The highest BCUT2D eigenvalue weighted by molar-refractivity contribution is 6.15. The lowest BCUT2D eigenvalue weighted by Gasteiger charge is -2.28. The molecule has 8 nitrogen and oxygen atoms in total. The van der Waals surface area contributed by atoms with Crippen molar-refractivity contribution in [3.8, 4) is 0 Å². The van der Waals surface area contributed by atoms with Crippen LogP contribution >= 0.6 is 0 Å². The molecule has 0 radical (unpaired) electrons. The third-order valence-electron chi connectivity index (χ3n) is 4.37. The zero-order chi connectivity index (χ0) is 18.6. The molecule has 0 saturated heterocycles. The highest BCUT2D eigenvalue weighted by Crippen LogP contribution is 2.35. The van der Waals surface area contributed by atoms with Gasteiger partial charge in [-0.2, -0.15) is 0 Å². The van der Waals surface area contributed by atoms with E-state index in [1.165, 1.54) is 43.5 Å². The minimum Gasteiger partial charge on any atom is -0.386 e. The first-order valence-electron chi connectivity index (χ1n) is 7.45. The molecule has 2 heterocycles. The average molecular weight is 354 g/mol. The number of rotatable bonds is 3. The molecule has 8 heteroatoms. The molecule has 0 aliphatic carbocycles. The summed E-state index contributed by atoms with van der Waals surface area (Å²) in [6.07, 6.45) is 0. The van der Waals surface area contributed by atoms with Crippen molar-refractivity contribution in [1.82, 2.24) is 0 Å². The van der Waals surface area contributed by atoms with Gasteiger partial charge >= 0.3 is 23.9 Å². The van der Waals surface area contributed by atoms with Crippen LogP contribution in [0.2, 0.25) is 0 Å². The number of fused-ring (bicyclic) bond motifs is 2. The number of carbonyl (C=O) groups excluding carboxylic acids is 4. The van der Waals surface area contributed by atoms with Gasteiger partial charge in [0.15, 0.2) is 0 Å². The third kappa shape index (κ3) is 2.10. The summed E-state index contributed by atoms with van der Waals surface area (Å²) in [5.41, 5.74) is 0.448. The van der Waals surface area contributed by atoms with Crippen molar-refractivity contribution >= 4 is 23.9 Å². The third-order valence-corrected chi connectivity index (χ3v) is 4.37. The van der Waals surface area contributed by atoms with E-state index in [9.17, 15) is 24.3 Å². The fourth-order valence-corrected chi connectivity index (χ4v) is 2.99. The van der Waals surface area contributed by atoms with Gasteiger partial charge in [0.25, 0.3) is 0 Å². The number of ether oxygens (including phenoxy) is 3. The maximum atomic E-state index is 11.7. The van der Waals surface area contributed by atoms with Crippen molar-refractivity contribution in [3.63, 3.8) is 0 Å². The van der Waals surface area contributed by atoms with Crippen molar-refractivity contribution in [2.24, 2.45) is 0 Å². The molecule has 0 spiro atoms. The Morgan fingerprint density at radius 3 is 1.50 bits per heavy atom. The van der Waals surface area contributed by atoms with Crippen molar-refractivity contribution < 1.29 is 38.5 Å². The van der Waals surface area contributed by atoms with Gasteiger partial charge < -0.3 is 19.3 Å². The first kappa shape index (κ1) is 16.1. The minimum absolute atomic E-state index is 0.00118. The molecule has 2 aliphatic heterocycles. The summed E-state index contributed by atoms with van der Waals surface area (Å²) in [7, 11) is 1.23. The van der Waals surface area contributed by atoms with Crippen LogP contribution in [0, 0.1) is 0 Å². The predicted molar refractivity (Wildman–Crippen MR) is 82.4 cm³/mol. The molecule has 2 aromatic rings. The van der Waals surface area contributed by atoms with Gasteiger partial charge in [-0.25, -0.2) is 19.2 Å². The number of benzene rings is 2. The maximum absolute atomic E-state index is 11.7. The van der Waals surface area contributed by atoms with Crippen LogP contribution in [0.25, 0.3) is 0 Å². The molecule has 2 aliphatic rings. The van der Waals surface area contributed by atoms with Crippen LogP contribution in [-0.2, 0) is 20.0 Å². The van der Waals surface area contributed by atoms with Crippen LogP contribution in [0.5, 0.6) is 0 Å². The summed E-state index contributed by atoms with van der Waals surface area (Å²) in [5.74, 6) is -5.23. The predicted octanol–water partition coefficient (Wildman–Crippen LogP) is 1.15. The van der Waals surface area contributed by atoms with Crippen LogP contribution < -0.4 is 0 Å². The number of cyclic esters (lactones) is 4. The standard InChI is InChI=1S/C18H10O8/c1-24-18(23,8-2-4-10-12(6-8)16(21)25-14(10)19)9-3-5-11-13(7-9)17(22)26-15(11)20/h2-7,23H,1H3. The first-order valence-corrected chi connectivity index (χ1v) is 7.45. The summed E-state index contributed by atoms with van der Waals surface area (Å²) in [6.45, 7) is 0. The molecule has 4 rings (SSSR count). The molecule has 0 saturated carbocycles. The second kappa shape index (κ2) is 5.32. The molecule has 0 bridgehead atoms. The molecule has 0 fully saturated rings. The Morgan fingerprint density at radius 2 is 1.12 bits per heavy atom. The van der Waals surface area contributed by atoms with E-state index in [-0.39, 0.29) is 33.4 Å².